The van der Waals surface area contributed by atoms with Crippen LogP contribution >= 0.6 is 0 Å². The summed E-state index contributed by atoms with van der Waals surface area (Å²) < 4.78 is 0. The molecule has 0 amide bonds. The fraction of sp³-hybridized carbons (Fsp3) is 1.00. The lowest BCUT2D eigenvalue weighted by molar-refractivity contribution is 0.215. The van der Waals surface area contributed by atoms with Crippen molar-refractivity contribution in [2.75, 3.05) is 13.6 Å². The zero-order valence-corrected chi connectivity index (χ0v) is 7.29. The molecule has 0 aromatic heterocycles. The minimum absolute atomic E-state index is 0.459. The van der Waals surface area contributed by atoms with Crippen molar-refractivity contribution < 1.29 is 0 Å². The highest BCUT2D eigenvalue weighted by atomic mass is 15.2. The first-order chi connectivity index (χ1) is 5.29. The molecule has 3 unspecified atom stereocenters. The van der Waals surface area contributed by atoms with Gasteiger partial charge in [-0.05, 0) is 32.4 Å². The molecule has 60 valence electrons. The van der Waals surface area contributed by atoms with Crippen LogP contribution in [0.25, 0.3) is 0 Å². The number of rotatable bonds is 0. The second-order valence-corrected chi connectivity index (χ2v) is 4.11. The van der Waals surface area contributed by atoms with Crippen LogP contribution in [-0.2, 0) is 0 Å². The molecule has 2 rings (SSSR count). The van der Waals surface area contributed by atoms with Crippen LogP contribution < -0.4 is 0 Å². The van der Waals surface area contributed by atoms with E-state index in [1.165, 1.54) is 32.2 Å². The van der Waals surface area contributed by atoms with Crippen molar-refractivity contribution in [2.45, 2.75) is 37.5 Å². The van der Waals surface area contributed by atoms with E-state index in [4.69, 9.17) is 7.85 Å². The lowest BCUT2D eigenvalue weighted by atomic mass is 9.68. The van der Waals surface area contributed by atoms with Gasteiger partial charge in [-0.15, -0.1) is 0 Å². The smallest absolute Gasteiger partial charge is 0.0720 e. The summed E-state index contributed by atoms with van der Waals surface area (Å²) in [5.74, 6) is 1.38. The zero-order valence-electron chi connectivity index (χ0n) is 7.29. The predicted octanol–water partition coefficient (Wildman–Crippen LogP) is 1.45. The zero-order chi connectivity index (χ0) is 7.84. The molecule has 2 fully saturated rings. The fourth-order valence-electron chi connectivity index (χ4n) is 2.83. The average Bonchev–Trinajstić information content (AvgIpc) is 2.34. The highest BCUT2D eigenvalue weighted by Crippen LogP contribution is 2.40. The number of hydrogen-bond acceptors (Lipinski definition) is 1. The van der Waals surface area contributed by atoms with Gasteiger partial charge in [0.2, 0.25) is 0 Å². The van der Waals surface area contributed by atoms with Crippen LogP contribution in [0.5, 0.6) is 0 Å². The van der Waals surface area contributed by atoms with Crippen LogP contribution in [0.1, 0.15) is 25.7 Å². The van der Waals surface area contributed by atoms with Gasteiger partial charge in [-0.2, -0.15) is 0 Å². The molecule has 0 aromatic rings. The Morgan fingerprint density at radius 2 is 2.09 bits per heavy atom. The molecule has 0 N–H and O–H groups in total. The first-order valence-corrected chi connectivity index (χ1v) is 4.75. The molecule has 1 nitrogen and oxygen atoms in total. The summed E-state index contributed by atoms with van der Waals surface area (Å²) in [5, 5.41) is 0. The Hall–Kier alpha value is 0.0249. The van der Waals surface area contributed by atoms with Crippen LogP contribution in [0.2, 0.25) is 5.82 Å². The maximum atomic E-state index is 6.07. The van der Waals surface area contributed by atoms with E-state index >= 15 is 0 Å². The Morgan fingerprint density at radius 3 is 2.82 bits per heavy atom. The van der Waals surface area contributed by atoms with Crippen molar-refractivity contribution in [2.24, 2.45) is 5.92 Å². The topological polar surface area (TPSA) is 3.24 Å². The van der Waals surface area contributed by atoms with E-state index in [9.17, 15) is 0 Å². The van der Waals surface area contributed by atoms with Gasteiger partial charge in [-0.25, -0.2) is 0 Å². The van der Waals surface area contributed by atoms with Gasteiger partial charge in [-0.1, -0.05) is 18.7 Å². The van der Waals surface area contributed by atoms with Crippen LogP contribution in [0.15, 0.2) is 0 Å². The summed E-state index contributed by atoms with van der Waals surface area (Å²) in [6.07, 6.45) is 5.40. The second-order valence-electron chi connectivity index (χ2n) is 4.11. The Morgan fingerprint density at radius 1 is 1.27 bits per heavy atom. The largest absolute Gasteiger partial charge is 0.304 e. The molecule has 0 bridgehead atoms. The van der Waals surface area contributed by atoms with Crippen molar-refractivity contribution in [1.82, 2.24) is 4.90 Å². The highest BCUT2D eigenvalue weighted by Gasteiger charge is 2.37. The summed E-state index contributed by atoms with van der Waals surface area (Å²) in [7, 11) is 8.29. The van der Waals surface area contributed by atoms with Crippen molar-refractivity contribution in [3.8, 4) is 0 Å². The standard InChI is InChI=1S/C9H16BN/c1-11-6-5-7-3-2-4-8(10)9(7)11/h7-9H,2-6H2,1H3. The van der Waals surface area contributed by atoms with E-state index in [2.05, 4.69) is 11.9 Å². The van der Waals surface area contributed by atoms with Gasteiger partial charge in [0.05, 0.1) is 7.85 Å². The van der Waals surface area contributed by atoms with Crippen molar-refractivity contribution in [3.63, 3.8) is 0 Å². The van der Waals surface area contributed by atoms with Gasteiger partial charge >= 0.3 is 0 Å². The lowest BCUT2D eigenvalue weighted by Crippen LogP contribution is -2.36. The van der Waals surface area contributed by atoms with E-state index in [0.29, 0.717) is 11.9 Å². The summed E-state index contributed by atoms with van der Waals surface area (Å²) in [4.78, 5) is 2.45. The van der Waals surface area contributed by atoms with E-state index in [1.807, 2.05) is 0 Å². The highest BCUT2D eigenvalue weighted by molar-refractivity contribution is 6.12. The monoisotopic (exact) mass is 149 g/mol. The maximum absolute atomic E-state index is 6.07. The van der Waals surface area contributed by atoms with Crippen molar-refractivity contribution in [1.29, 1.82) is 0 Å². The lowest BCUT2D eigenvalue weighted by Gasteiger charge is -2.35. The fourth-order valence-corrected chi connectivity index (χ4v) is 2.83. The molecule has 1 heterocycles. The summed E-state index contributed by atoms with van der Waals surface area (Å²) in [6, 6.07) is 0.712. The second kappa shape index (κ2) is 2.82. The van der Waals surface area contributed by atoms with Crippen LogP contribution in [0.4, 0.5) is 0 Å². The molecule has 0 aromatic carbocycles. The minimum atomic E-state index is 0.459. The summed E-state index contributed by atoms with van der Waals surface area (Å²) >= 11 is 0. The third-order valence-electron chi connectivity index (χ3n) is 3.40. The van der Waals surface area contributed by atoms with Gasteiger partial charge in [0, 0.05) is 6.04 Å². The van der Waals surface area contributed by atoms with Crippen molar-refractivity contribution in [3.05, 3.63) is 0 Å². The third-order valence-corrected chi connectivity index (χ3v) is 3.40. The summed E-state index contributed by atoms with van der Waals surface area (Å²) in [6.45, 7) is 1.27. The van der Waals surface area contributed by atoms with E-state index in [-0.39, 0.29) is 0 Å². The first-order valence-electron chi connectivity index (χ1n) is 4.75. The summed E-state index contributed by atoms with van der Waals surface area (Å²) in [5.41, 5.74) is 0. The Kier molecular flexibility index (Phi) is 1.96. The molecule has 2 radical (unpaired) electrons. The molecule has 2 aliphatic rings. The van der Waals surface area contributed by atoms with E-state index in [1.54, 1.807) is 0 Å². The van der Waals surface area contributed by atoms with E-state index in [0.717, 1.165) is 5.92 Å². The SMILES string of the molecule is [B]C1CCCC2CCN(C)C12. The normalized spacial score (nSPS) is 45.7. The molecule has 2 heteroatoms. The van der Waals surface area contributed by atoms with Gasteiger partial charge in [0.1, 0.15) is 0 Å². The Bertz CT molecular complexity index is 146. The van der Waals surface area contributed by atoms with Gasteiger partial charge in [0.25, 0.3) is 0 Å². The number of nitrogens with zero attached hydrogens (tertiary/aromatic N) is 1. The first kappa shape index (κ1) is 7.66. The van der Waals surface area contributed by atoms with Crippen molar-refractivity contribution >= 4 is 7.85 Å². The maximum Gasteiger partial charge on any atom is 0.0720 e. The predicted molar refractivity (Wildman–Crippen MR) is 47.9 cm³/mol. The molecule has 1 saturated heterocycles. The van der Waals surface area contributed by atoms with Crippen LogP contribution in [0, 0.1) is 5.92 Å². The number of likely N-dealkylation sites (tertiary alicyclic amines) is 1. The average molecular weight is 149 g/mol. The molecular weight excluding hydrogens is 133 g/mol. The molecule has 1 saturated carbocycles. The minimum Gasteiger partial charge on any atom is -0.304 e. The Balaban J connectivity index is 2.08. The van der Waals surface area contributed by atoms with Gasteiger partial charge in [-0.3, -0.25) is 0 Å². The molecular formula is C9H16BN. The Labute approximate surface area is 70.6 Å². The molecule has 11 heavy (non-hydrogen) atoms. The third kappa shape index (κ3) is 1.22. The molecule has 1 aliphatic heterocycles. The van der Waals surface area contributed by atoms with Crippen LogP contribution in [0.3, 0.4) is 0 Å². The molecule has 1 aliphatic carbocycles. The van der Waals surface area contributed by atoms with Gasteiger partial charge < -0.3 is 4.90 Å². The van der Waals surface area contributed by atoms with Crippen LogP contribution in [-0.4, -0.2) is 32.4 Å². The quantitative estimate of drug-likeness (QED) is 0.471. The number of hydrogen-bond donors (Lipinski definition) is 0. The van der Waals surface area contributed by atoms with Gasteiger partial charge in [0.15, 0.2) is 0 Å². The van der Waals surface area contributed by atoms with E-state index < -0.39 is 0 Å². The number of fused-ring (bicyclic) bond motifs is 1. The molecule has 0 spiro atoms. The molecule has 3 atom stereocenters.